The van der Waals surface area contributed by atoms with Crippen molar-refractivity contribution >= 4 is 23.1 Å². The van der Waals surface area contributed by atoms with E-state index in [9.17, 15) is 4.39 Å². The molecule has 4 heterocycles. The number of aryl methyl sites for hydroxylation is 1. The van der Waals surface area contributed by atoms with Crippen molar-refractivity contribution in [1.29, 1.82) is 0 Å². The summed E-state index contributed by atoms with van der Waals surface area (Å²) >= 11 is 0. The van der Waals surface area contributed by atoms with Crippen LogP contribution in [0.3, 0.4) is 0 Å². The summed E-state index contributed by atoms with van der Waals surface area (Å²) in [5.74, 6) is 1.59. The number of pyridine rings is 1. The first-order valence-corrected chi connectivity index (χ1v) is 11.0. The third-order valence-corrected chi connectivity index (χ3v) is 5.53. The van der Waals surface area contributed by atoms with Crippen LogP contribution in [0.5, 0.6) is 0 Å². The molecular weight excluding hydrogens is 447 g/mol. The molecule has 176 valence electrons. The minimum Gasteiger partial charge on any atom is -0.309 e. The number of rotatable bonds is 5. The van der Waals surface area contributed by atoms with Crippen LogP contribution < -0.4 is 5.32 Å². The van der Waals surface area contributed by atoms with E-state index >= 15 is 0 Å². The molecule has 0 unspecified atom stereocenters. The van der Waals surface area contributed by atoms with Gasteiger partial charge in [0.05, 0.1) is 23.8 Å². The van der Waals surface area contributed by atoms with Crippen molar-refractivity contribution in [3.05, 3.63) is 78.5 Å². The number of guanidine groups is 1. The van der Waals surface area contributed by atoms with Gasteiger partial charge in [0, 0.05) is 31.9 Å². The van der Waals surface area contributed by atoms with Gasteiger partial charge in [-0.05, 0) is 48.9 Å². The highest BCUT2D eigenvalue weighted by Crippen LogP contribution is 2.22. The van der Waals surface area contributed by atoms with Crippen LogP contribution in [-0.4, -0.2) is 52.9 Å². The van der Waals surface area contributed by atoms with E-state index in [1.54, 1.807) is 40.9 Å². The van der Waals surface area contributed by atoms with Gasteiger partial charge in [0.1, 0.15) is 17.3 Å². The molecule has 0 atom stereocenters. The Morgan fingerprint density at radius 3 is 2.54 bits per heavy atom. The summed E-state index contributed by atoms with van der Waals surface area (Å²) in [6.07, 6.45) is 5.99. The van der Waals surface area contributed by atoms with E-state index < -0.39 is 0 Å². The zero-order valence-electron chi connectivity index (χ0n) is 19.5. The molecule has 0 aliphatic carbocycles. The molecular formula is C24H23FN10. The van der Waals surface area contributed by atoms with E-state index in [1.807, 2.05) is 48.8 Å². The van der Waals surface area contributed by atoms with E-state index in [2.05, 4.69) is 30.7 Å². The summed E-state index contributed by atoms with van der Waals surface area (Å²) in [6, 6.07) is 13.8. The Labute approximate surface area is 200 Å². The first-order chi connectivity index (χ1) is 17.1. The van der Waals surface area contributed by atoms with Gasteiger partial charge in [-0.3, -0.25) is 14.1 Å². The first-order valence-electron chi connectivity index (χ1n) is 11.0. The van der Waals surface area contributed by atoms with Crippen molar-refractivity contribution in [2.75, 3.05) is 12.4 Å². The Kier molecular flexibility index (Phi) is 5.88. The fourth-order valence-corrected chi connectivity index (χ4v) is 3.73. The van der Waals surface area contributed by atoms with Crippen molar-refractivity contribution in [2.45, 2.75) is 13.3 Å². The normalized spacial score (nSPS) is 12.5. The number of nitrogens with one attached hydrogen (secondary N) is 1. The fourth-order valence-electron chi connectivity index (χ4n) is 3.73. The third kappa shape index (κ3) is 4.31. The maximum absolute atomic E-state index is 13.4. The molecule has 0 spiro atoms. The predicted octanol–water partition coefficient (Wildman–Crippen LogP) is 3.75. The molecule has 0 aliphatic rings. The van der Waals surface area contributed by atoms with Crippen molar-refractivity contribution < 1.29 is 4.39 Å². The molecule has 10 nitrogen and oxygen atoms in total. The molecule has 5 rings (SSSR count). The number of hydrogen-bond donors (Lipinski definition) is 1. The van der Waals surface area contributed by atoms with Gasteiger partial charge in [0.15, 0.2) is 11.5 Å². The van der Waals surface area contributed by atoms with E-state index in [0.717, 1.165) is 28.5 Å². The van der Waals surface area contributed by atoms with Gasteiger partial charge in [-0.2, -0.15) is 10.2 Å². The van der Waals surface area contributed by atoms with Crippen LogP contribution in [-0.2, 0) is 7.05 Å². The first kappa shape index (κ1) is 22.1. The lowest BCUT2D eigenvalue weighted by Gasteiger charge is -2.09. The summed E-state index contributed by atoms with van der Waals surface area (Å²) in [6.45, 7) is 2.04. The average molecular weight is 471 g/mol. The zero-order valence-corrected chi connectivity index (χ0v) is 19.5. The summed E-state index contributed by atoms with van der Waals surface area (Å²) in [7, 11) is 3.53. The van der Waals surface area contributed by atoms with Crippen LogP contribution in [0.25, 0.3) is 22.9 Å². The van der Waals surface area contributed by atoms with Crippen molar-refractivity contribution in [2.24, 2.45) is 17.0 Å². The summed E-state index contributed by atoms with van der Waals surface area (Å²) in [5.41, 5.74) is 3.90. The molecule has 0 aliphatic heterocycles. The molecule has 0 fully saturated rings. The molecule has 1 aromatic carbocycles. The van der Waals surface area contributed by atoms with E-state index in [0.29, 0.717) is 23.9 Å². The number of halogens is 1. The van der Waals surface area contributed by atoms with Crippen molar-refractivity contribution in [3.63, 3.8) is 0 Å². The molecule has 1 N–H and O–H groups in total. The largest absolute Gasteiger partial charge is 0.309 e. The van der Waals surface area contributed by atoms with Gasteiger partial charge in [-0.15, -0.1) is 10.2 Å². The highest BCUT2D eigenvalue weighted by Gasteiger charge is 2.16. The molecule has 0 saturated carbocycles. The molecule has 0 amide bonds. The summed E-state index contributed by atoms with van der Waals surface area (Å²) < 4.78 is 18.7. The van der Waals surface area contributed by atoms with Crippen LogP contribution >= 0.6 is 0 Å². The van der Waals surface area contributed by atoms with Crippen LogP contribution in [0.4, 0.5) is 10.2 Å². The number of aromatic nitrogens is 7. The minimum absolute atomic E-state index is 0.303. The molecule has 0 bridgehead atoms. The fraction of sp³-hybridized carbons (Fsp3) is 0.167. The smallest absolute Gasteiger partial charge is 0.223 e. The molecule has 0 radical (unpaired) electrons. The van der Waals surface area contributed by atoms with Gasteiger partial charge in [0.2, 0.25) is 5.96 Å². The van der Waals surface area contributed by atoms with Gasteiger partial charge < -0.3 is 5.32 Å². The molecule has 5 aromatic rings. The zero-order chi connectivity index (χ0) is 24.4. The molecule has 4 aromatic heterocycles. The second kappa shape index (κ2) is 9.29. The Morgan fingerprint density at radius 2 is 1.83 bits per heavy atom. The number of nitrogens with zero attached hydrogens (tertiary/aromatic N) is 9. The van der Waals surface area contributed by atoms with Crippen molar-refractivity contribution in [3.8, 4) is 17.2 Å². The number of hydrogen-bond acceptors (Lipinski definition) is 5. The monoisotopic (exact) mass is 470 g/mol. The molecule has 35 heavy (non-hydrogen) atoms. The summed E-state index contributed by atoms with van der Waals surface area (Å²) in [5, 5.41) is 20.5. The maximum atomic E-state index is 13.4. The van der Waals surface area contributed by atoms with Crippen LogP contribution in [0.1, 0.15) is 18.9 Å². The highest BCUT2D eigenvalue weighted by molar-refractivity contribution is 6.10. The van der Waals surface area contributed by atoms with Gasteiger partial charge in [-0.25, -0.2) is 14.1 Å². The second-order valence-corrected chi connectivity index (χ2v) is 7.70. The molecule has 11 heteroatoms. The SMILES string of the molecule is CCC(=NC(=NC)Nc1ccnn1C)c1ccn2c(-c3ccnn3-c3ccc(F)cc3)nnc2c1. The Hall–Kier alpha value is -4.67. The molecule has 0 saturated heterocycles. The minimum atomic E-state index is -0.303. The van der Waals surface area contributed by atoms with Gasteiger partial charge in [-0.1, -0.05) is 6.92 Å². The lowest BCUT2D eigenvalue weighted by molar-refractivity contribution is 0.627. The van der Waals surface area contributed by atoms with Gasteiger partial charge >= 0.3 is 0 Å². The average Bonchev–Trinajstić information content (AvgIpc) is 3.61. The number of fused-ring (bicyclic) bond motifs is 1. The van der Waals surface area contributed by atoms with Crippen LogP contribution in [0.15, 0.2) is 77.1 Å². The highest BCUT2D eigenvalue weighted by atomic mass is 19.1. The number of aliphatic imine (C=N–C) groups is 2. The van der Waals surface area contributed by atoms with Crippen molar-refractivity contribution in [1.82, 2.24) is 34.2 Å². The Morgan fingerprint density at radius 1 is 1.03 bits per heavy atom. The topological polar surface area (TPSA) is 103 Å². The van der Waals surface area contributed by atoms with Crippen LogP contribution in [0, 0.1) is 5.82 Å². The van der Waals surface area contributed by atoms with E-state index in [1.165, 1.54) is 12.1 Å². The lowest BCUT2D eigenvalue weighted by Crippen LogP contribution is -2.15. The number of benzene rings is 1. The van der Waals surface area contributed by atoms with Crippen LogP contribution in [0.2, 0.25) is 0 Å². The Bertz CT molecular complexity index is 1540. The maximum Gasteiger partial charge on any atom is 0.223 e. The van der Waals surface area contributed by atoms with Gasteiger partial charge in [0.25, 0.3) is 0 Å². The van der Waals surface area contributed by atoms with E-state index in [4.69, 9.17) is 4.99 Å². The quantitative estimate of drug-likeness (QED) is 0.311. The number of anilines is 1. The third-order valence-electron chi connectivity index (χ3n) is 5.53. The second-order valence-electron chi connectivity index (χ2n) is 7.70. The lowest BCUT2D eigenvalue weighted by atomic mass is 10.1. The predicted molar refractivity (Wildman–Crippen MR) is 133 cm³/mol. The Balaban J connectivity index is 1.48. The summed E-state index contributed by atoms with van der Waals surface area (Å²) in [4.78, 5) is 9.01. The van der Waals surface area contributed by atoms with E-state index in [-0.39, 0.29) is 5.82 Å². The standard InChI is InChI=1S/C24H23FN10/c1-4-19(29-24(26-2)30-21-10-13-27-33(21)3)16-11-14-34-22(15-16)31-32-23(34)20-9-12-28-35(20)18-7-5-17(25)6-8-18/h5-15H,4H2,1-3H3,(H,26,30).